The van der Waals surface area contributed by atoms with Crippen molar-refractivity contribution < 1.29 is 14.6 Å². The zero-order valence-electron chi connectivity index (χ0n) is 11.2. The smallest absolute Gasteiger partial charge is 0.309 e. The summed E-state index contributed by atoms with van der Waals surface area (Å²) in [5.41, 5.74) is -0.477. The number of piperidine rings is 1. The Balaban J connectivity index is 2.32. The molecule has 0 aromatic rings. The van der Waals surface area contributed by atoms with Gasteiger partial charge in [0.05, 0.1) is 18.1 Å². The summed E-state index contributed by atoms with van der Waals surface area (Å²) in [4.78, 5) is 13.6. The molecule has 0 atom stereocenters. The molecule has 1 N–H and O–H groups in total. The van der Waals surface area contributed by atoms with E-state index in [1.807, 2.05) is 20.8 Å². The Bertz CT molecular complexity index is 245. The van der Waals surface area contributed by atoms with Gasteiger partial charge < -0.3 is 14.7 Å². The van der Waals surface area contributed by atoms with Crippen LogP contribution in [-0.2, 0) is 9.53 Å². The van der Waals surface area contributed by atoms with Gasteiger partial charge in [-0.3, -0.25) is 4.79 Å². The molecular formula is C13H25NO3. The van der Waals surface area contributed by atoms with E-state index >= 15 is 0 Å². The van der Waals surface area contributed by atoms with Gasteiger partial charge >= 0.3 is 5.97 Å². The summed E-state index contributed by atoms with van der Waals surface area (Å²) in [5, 5.41) is 9.28. The third-order valence-electron chi connectivity index (χ3n) is 3.80. The molecule has 1 saturated heterocycles. The molecule has 4 heteroatoms. The molecule has 0 amide bonds. The van der Waals surface area contributed by atoms with E-state index in [4.69, 9.17) is 4.74 Å². The first-order valence-corrected chi connectivity index (χ1v) is 6.57. The van der Waals surface area contributed by atoms with Crippen LogP contribution in [0.3, 0.4) is 0 Å². The molecule has 0 aliphatic carbocycles. The third kappa shape index (κ3) is 3.96. The average molecular weight is 243 g/mol. The Morgan fingerprint density at radius 1 is 1.41 bits per heavy atom. The normalized spacial score (nSPS) is 20.7. The van der Waals surface area contributed by atoms with Gasteiger partial charge in [-0.1, -0.05) is 6.92 Å². The van der Waals surface area contributed by atoms with E-state index < -0.39 is 11.4 Å². The van der Waals surface area contributed by atoms with Gasteiger partial charge in [0.1, 0.15) is 0 Å². The fraction of sp³-hybridized carbons (Fsp3) is 0.923. The number of ether oxygens (including phenoxy) is 1. The molecular weight excluding hydrogens is 218 g/mol. The highest BCUT2D eigenvalue weighted by atomic mass is 16.5. The molecule has 0 saturated carbocycles. The molecule has 0 radical (unpaired) electrons. The Labute approximate surface area is 104 Å². The van der Waals surface area contributed by atoms with Crippen molar-refractivity contribution in [1.29, 1.82) is 0 Å². The molecule has 1 heterocycles. The molecule has 4 nitrogen and oxygen atoms in total. The molecule has 1 fully saturated rings. The Hall–Kier alpha value is -0.610. The first kappa shape index (κ1) is 14.5. The van der Waals surface area contributed by atoms with Crippen LogP contribution in [0.25, 0.3) is 0 Å². The summed E-state index contributed by atoms with van der Waals surface area (Å²) in [5.74, 6) is -0.627. The van der Waals surface area contributed by atoms with Gasteiger partial charge in [0.25, 0.3) is 0 Å². The fourth-order valence-corrected chi connectivity index (χ4v) is 2.34. The van der Waals surface area contributed by atoms with Crippen molar-refractivity contribution in [2.75, 3.05) is 26.2 Å². The maximum atomic E-state index is 11.3. The first-order chi connectivity index (χ1) is 8.00. The van der Waals surface area contributed by atoms with Crippen LogP contribution in [0.5, 0.6) is 0 Å². The van der Waals surface area contributed by atoms with Crippen LogP contribution in [0, 0.1) is 5.41 Å². The van der Waals surface area contributed by atoms with Crippen molar-refractivity contribution in [3.05, 3.63) is 0 Å². The summed E-state index contributed by atoms with van der Waals surface area (Å²) in [6.07, 6.45) is 2.54. The SMILES string of the molecule is CCC1(C(=O)O)CCN(CCOC(C)C)CC1. The second-order valence-electron chi connectivity index (χ2n) is 5.20. The molecule has 0 aromatic heterocycles. The molecule has 17 heavy (non-hydrogen) atoms. The Kier molecular flexibility index (Phi) is 5.40. The Morgan fingerprint density at radius 2 is 2.00 bits per heavy atom. The van der Waals surface area contributed by atoms with Crippen LogP contribution in [0.2, 0.25) is 0 Å². The quantitative estimate of drug-likeness (QED) is 0.775. The van der Waals surface area contributed by atoms with Crippen LogP contribution in [-0.4, -0.2) is 48.3 Å². The van der Waals surface area contributed by atoms with Gasteiger partial charge in [0, 0.05) is 6.54 Å². The Morgan fingerprint density at radius 3 is 2.41 bits per heavy atom. The number of carbonyl (C=O) groups is 1. The van der Waals surface area contributed by atoms with Crippen LogP contribution in [0.1, 0.15) is 40.0 Å². The summed E-state index contributed by atoms with van der Waals surface area (Å²) in [6.45, 7) is 9.45. The first-order valence-electron chi connectivity index (χ1n) is 6.57. The average Bonchev–Trinajstić information content (AvgIpc) is 2.29. The molecule has 0 spiro atoms. The highest BCUT2D eigenvalue weighted by Crippen LogP contribution is 2.34. The van der Waals surface area contributed by atoms with Gasteiger partial charge in [-0.2, -0.15) is 0 Å². The molecule has 1 aliphatic rings. The number of hydrogen-bond donors (Lipinski definition) is 1. The van der Waals surface area contributed by atoms with Crippen LogP contribution >= 0.6 is 0 Å². The molecule has 1 rings (SSSR count). The van der Waals surface area contributed by atoms with Gasteiger partial charge in [-0.15, -0.1) is 0 Å². The largest absolute Gasteiger partial charge is 0.481 e. The monoisotopic (exact) mass is 243 g/mol. The van der Waals surface area contributed by atoms with E-state index in [0.29, 0.717) is 0 Å². The number of carboxylic acid groups (broad SMARTS) is 1. The predicted molar refractivity (Wildman–Crippen MR) is 67.1 cm³/mol. The summed E-state index contributed by atoms with van der Waals surface area (Å²) >= 11 is 0. The zero-order chi connectivity index (χ0) is 12.9. The highest BCUT2D eigenvalue weighted by Gasteiger charge is 2.39. The lowest BCUT2D eigenvalue weighted by atomic mass is 9.76. The predicted octanol–water partition coefficient (Wildman–Crippen LogP) is 1.99. The number of carboxylic acids is 1. The minimum absolute atomic E-state index is 0.272. The van der Waals surface area contributed by atoms with E-state index in [0.717, 1.165) is 45.5 Å². The van der Waals surface area contributed by atoms with Crippen LogP contribution in [0.15, 0.2) is 0 Å². The standard InChI is InChI=1S/C13H25NO3/c1-4-13(12(15)16)5-7-14(8-6-13)9-10-17-11(2)3/h11H,4-10H2,1-3H3,(H,15,16). The van der Waals surface area contributed by atoms with Crippen LogP contribution in [0.4, 0.5) is 0 Å². The molecule has 0 unspecified atom stereocenters. The van der Waals surface area contributed by atoms with E-state index in [-0.39, 0.29) is 6.10 Å². The fourth-order valence-electron chi connectivity index (χ4n) is 2.34. The lowest BCUT2D eigenvalue weighted by molar-refractivity contribution is -0.152. The topological polar surface area (TPSA) is 49.8 Å². The summed E-state index contributed by atoms with van der Waals surface area (Å²) in [6, 6.07) is 0. The molecule has 0 aromatic carbocycles. The van der Waals surface area contributed by atoms with Gasteiger partial charge in [0.2, 0.25) is 0 Å². The number of rotatable bonds is 6. The molecule has 100 valence electrons. The van der Waals surface area contributed by atoms with Crippen molar-refractivity contribution in [2.24, 2.45) is 5.41 Å². The summed E-state index contributed by atoms with van der Waals surface area (Å²) in [7, 11) is 0. The van der Waals surface area contributed by atoms with E-state index in [9.17, 15) is 9.90 Å². The van der Waals surface area contributed by atoms with Crippen molar-refractivity contribution in [3.8, 4) is 0 Å². The maximum Gasteiger partial charge on any atom is 0.309 e. The maximum absolute atomic E-state index is 11.3. The van der Waals surface area contributed by atoms with E-state index in [2.05, 4.69) is 4.90 Å². The molecule has 0 bridgehead atoms. The van der Waals surface area contributed by atoms with Crippen molar-refractivity contribution in [2.45, 2.75) is 46.1 Å². The van der Waals surface area contributed by atoms with Gasteiger partial charge in [-0.05, 0) is 46.2 Å². The third-order valence-corrected chi connectivity index (χ3v) is 3.80. The number of likely N-dealkylation sites (tertiary alicyclic amines) is 1. The van der Waals surface area contributed by atoms with E-state index in [1.165, 1.54) is 0 Å². The summed E-state index contributed by atoms with van der Waals surface area (Å²) < 4.78 is 5.51. The van der Waals surface area contributed by atoms with Gasteiger partial charge in [0.15, 0.2) is 0 Å². The van der Waals surface area contributed by atoms with Crippen molar-refractivity contribution in [3.63, 3.8) is 0 Å². The highest BCUT2D eigenvalue weighted by molar-refractivity contribution is 5.74. The zero-order valence-corrected chi connectivity index (χ0v) is 11.2. The van der Waals surface area contributed by atoms with Gasteiger partial charge in [-0.25, -0.2) is 0 Å². The lowest BCUT2D eigenvalue weighted by Crippen LogP contribution is -2.45. The van der Waals surface area contributed by atoms with Crippen molar-refractivity contribution >= 4 is 5.97 Å². The second-order valence-corrected chi connectivity index (χ2v) is 5.20. The second kappa shape index (κ2) is 6.36. The minimum atomic E-state index is -0.627. The van der Waals surface area contributed by atoms with E-state index in [1.54, 1.807) is 0 Å². The number of nitrogens with zero attached hydrogens (tertiary/aromatic N) is 1. The van der Waals surface area contributed by atoms with Crippen LogP contribution < -0.4 is 0 Å². The number of aliphatic carboxylic acids is 1. The van der Waals surface area contributed by atoms with Crippen molar-refractivity contribution in [1.82, 2.24) is 4.90 Å². The minimum Gasteiger partial charge on any atom is -0.481 e. The number of hydrogen-bond acceptors (Lipinski definition) is 3. The lowest BCUT2D eigenvalue weighted by Gasteiger charge is -2.38. The molecule has 1 aliphatic heterocycles.